The molecule has 14 nitrogen and oxygen atoms in total. The maximum Gasteiger partial charge on any atom is 0.333 e. The lowest BCUT2D eigenvalue weighted by Gasteiger charge is -2.43. The highest BCUT2D eigenvalue weighted by Gasteiger charge is 2.48. The molecule has 0 aromatic heterocycles. The van der Waals surface area contributed by atoms with Crippen LogP contribution in [0.2, 0.25) is 0 Å². The number of allylic oxidation sites excluding steroid dienone is 6. The number of carbonyl (C=O) groups excluding carboxylic acids is 3. The second-order valence-corrected chi connectivity index (χ2v) is 19.5. The summed E-state index contributed by atoms with van der Waals surface area (Å²) in [6.07, 6.45) is 9.68. The number of carbonyl (C=O) groups is 3. The zero-order valence-corrected chi connectivity index (χ0v) is 36.8. The van der Waals surface area contributed by atoms with E-state index in [4.69, 9.17) is 9.57 Å². The van der Waals surface area contributed by atoms with Gasteiger partial charge in [0.05, 0.1) is 26.0 Å². The molecular weight excluding hydrogens is 835 g/mol. The van der Waals surface area contributed by atoms with E-state index in [0.717, 1.165) is 40.1 Å². The molecule has 0 spiro atoms. The largest absolute Gasteiger partial charge is 0.748 e. The Morgan fingerprint density at radius 2 is 1.66 bits per heavy atom. The van der Waals surface area contributed by atoms with Gasteiger partial charge in [0.2, 0.25) is 5.69 Å². The molecule has 1 atom stereocenters. The second kappa shape index (κ2) is 16.9. The number of rotatable bonds is 14. The molecule has 7 rings (SSSR count). The molecule has 4 aliphatic rings. The summed E-state index contributed by atoms with van der Waals surface area (Å²) in [6.45, 7) is 11.2. The van der Waals surface area contributed by atoms with Crippen LogP contribution >= 0.6 is 0 Å². The number of nitrogens with zero attached hydrogens (tertiary/aromatic N) is 3. The highest BCUT2D eigenvalue weighted by Crippen LogP contribution is 2.48. The first-order chi connectivity index (χ1) is 29.2. The smallest absolute Gasteiger partial charge is 0.333 e. The summed E-state index contributed by atoms with van der Waals surface area (Å²) >= 11 is 0. The Morgan fingerprint density at radius 3 is 2.32 bits per heavy atom. The molecular formula is C46H48N3O11S2-. The Labute approximate surface area is 362 Å². The van der Waals surface area contributed by atoms with Gasteiger partial charge in [-0.3, -0.25) is 9.59 Å². The fraction of sp³-hybridized carbons (Fsp3) is 0.348. The van der Waals surface area contributed by atoms with Crippen molar-refractivity contribution in [3.05, 3.63) is 113 Å². The van der Waals surface area contributed by atoms with Crippen LogP contribution in [0.5, 0.6) is 5.75 Å². The number of fused-ring (bicyclic) bond motifs is 3. The van der Waals surface area contributed by atoms with Gasteiger partial charge in [0.1, 0.15) is 28.2 Å². The van der Waals surface area contributed by atoms with Gasteiger partial charge in [0, 0.05) is 84.1 Å². The van der Waals surface area contributed by atoms with Crippen LogP contribution in [0.1, 0.15) is 95.4 Å². The fourth-order valence-corrected chi connectivity index (χ4v) is 9.95. The van der Waals surface area contributed by atoms with Gasteiger partial charge in [0.15, 0.2) is 5.71 Å². The predicted molar refractivity (Wildman–Crippen MR) is 231 cm³/mol. The Hall–Kier alpha value is -5.68. The van der Waals surface area contributed by atoms with Crippen LogP contribution in [0.3, 0.4) is 0 Å². The quantitative estimate of drug-likeness (QED) is 0.0941. The normalized spacial score (nSPS) is 20.3. The lowest BCUT2D eigenvalue weighted by molar-refractivity contribution is -0.437. The van der Waals surface area contributed by atoms with E-state index in [0.29, 0.717) is 33.5 Å². The van der Waals surface area contributed by atoms with Gasteiger partial charge in [-0.05, 0) is 82.9 Å². The molecule has 3 aromatic rings. The summed E-state index contributed by atoms with van der Waals surface area (Å²) in [5.74, 6) is -1.41. The number of amides is 2. The zero-order chi connectivity index (χ0) is 44.8. The molecule has 4 aliphatic heterocycles. The molecule has 1 unspecified atom stereocenters. The van der Waals surface area contributed by atoms with Gasteiger partial charge < -0.3 is 23.6 Å². The molecule has 0 aliphatic carbocycles. The molecule has 0 saturated carbocycles. The number of hydrogen-bond acceptors (Lipinski definition) is 12. The minimum atomic E-state index is -4.91. The molecule has 326 valence electrons. The van der Waals surface area contributed by atoms with E-state index >= 15 is 0 Å². The summed E-state index contributed by atoms with van der Waals surface area (Å²) in [5.41, 5.74) is 5.95. The predicted octanol–water partition coefficient (Wildman–Crippen LogP) is 6.75. The van der Waals surface area contributed by atoms with Crippen molar-refractivity contribution in [1.29, 1.82) is 0 Å². The van der Waals surface area contributed by atoms with Crippen LogP contribution in [0.25, 0.3) is 16.9 Å². The molecule has 0 radical (unpaired) electrons. The number of hydroxylamine groups is 2. The Balaban J connectivity index is 1.32. The maximum absolute atomic E-state index is 12.9. The number of likely N-dealkylation sites (N-methyl/N-ethyl adjacent to an activating group) is 1. The van der Waals surface area contributed by atoms with Crippen LogP contribution in [-0.4, -0.2) is 83.5 Å². The minimum absolute atomic E-state index is 0.0434. The SMILES string of the molecule is CCN1c2cc3c(cc2C(C)=CC1(C)C)/C(=C/C=C/C1=[N+](CCCS(=O)(=O)[O-])c2ccc(S(=O)(=O)[O-])cc2C1(C)CCCC(=O)ON1C(=O)CCC1=O)C=C(c1ccccc1)O3. The first-order valence-electron chi connectivity index (χ1n) is 20.4. The van der Waals surface area contributed by atoms with Crippen LogP contribution in [0.4, 0.5) is 11.4 Å². The Bertz CT molecular complexity index is 2740. The third kappa shape index (κ3) is 8.96. The van der Waals surface area contributed by atoms with Gasteiger partial charge in [-0.15, -0.1) is 5.06 Å². The van der Waals surface area contributed by atoms with Gasteiger partial charge in [-0.2, -0.15) is 4.58 Å². The van der Waals surface area contributed by atoms with Gasteiger partial charge >= 0.3 is 5.97 Å². The lowest BCUT2D eigenvalue weighted by Crippen LogP contribution is -2.44. The summed E-state index contributed by atoms with van der Waals surface area (Å²) in [6, 6.07) is 17.8. The molecule has 3 aromatic carbocycles. The molecule has 0 N–H and O–H groups in total. The highest BCUT2D eigenvalue weighted by atomic mass is 32.2. The number of benzene rings is 3. The van der Waals surface area contributed by atoms with Gasteiger partial charge in [0.25, 0.3) is 11.8 Å². The Morgan fingerprint density at radius 1 is 0.952 bits per heavy atom. The van der Waals surface area contributed by atoms with E-state index in [9.17, 15) is 40.3 Å². The van der Waals surface area contributed by atoms with Crippen LogP contribution in [-0.2, 0) is 44.9 Å². The maximum atomic E-state index is 12.9. The van der Waals surface area contributed by atoms with E-state index in [2.05, 4.69) is 50.8 Å². The Kier molecular flexibility index (Phi) is 12.1. The highest BCUT2D eigenvalue weighted by molar-refractivity contribution is 7.86. The summed E-state index contributed by atoms with van der Waals surface area (Å²) in [5, 5.41) is 0.472. The second-order valence-electron chi connectivity index (χ2n) is 16.6. The first kappa shape index (κ1) is 44.4. The van der Waals surface area contributed by atoms with E-state index in [1.165, 1.54) is 18.2 Å². The van der Waals surface area contributed by atoms with E-state index in [-0.39, 0.29) is 50.6 Å². The third-order valence-electron chi connectivity index (χ3n) is 11.8. The zero-order valence-electron chi connectivity index (χ0n) is 35.2. The fourth-order valence-electron chi connectivity index (χ4n) is 8.97. The average Bonchev–Trinajstić information content (AvgIpc) is 3.63. The van der Waals surface area contributed by atoms with Crippen molar-refractivity contribution in [1.82, 2.24) is 5.06 Å². The molecule has 0 bridgehead atoms. The topological polar surface area (TPSA) is 194 Å². The number of anilines is 1. The minimum Gasteiger partial charge on any atom is -0.748 e. The molecule has 1 saturated heterocycles. The van der Waals surface area contributed by atoms with Crippen molar-refractivity contribution in [3.63, 3.8) is 0 Å². The standard InChI is InChI=1S/C46H49N3O11S2/c1-6-48-38-28-40-35(27-34(38)30(2)29-45(48,3)4)32(25-39(59-40)31-13-8-7-9-14-31)15-10-16-41-46(5,22-11-17-44(52)60-49-42(50)20-21-43(49)51)36-26-33(62(56,57)58)18-19-37(36)47(41)23-12-24-61(53,54)55/h7-10,13-16,18-19,25-29H,6,11-12,17,20-24H2,1-5H3,(H-,53,54,55,56,57,58)/p-1. The molecule has 62 heavy (non-hydrogen) atoms. The van der Waals surface area contributed by atoms with Crippen molar-refractivity contribution in [3.8, 4) is 5.75 Å². The van der Waals surface area contributed by atoms with Crippen LogP contribution in [0.15, 0.2) is 95.9 Å². The van der Waals surface area contributed by atoms with Crippen molar-refractivity contribution in [2.45, 2.75) is 89.0 Å². The van der Waals surface area contributed by atoms with Crippen molar-refractivity contribution in [2.24, 2.45) is 0 Å². The van der Waals surface area contributed by atoms with Crippen LogP contribution < -0.4 is 9.64 Å². The summed E-state index contributed by atoms with van der Waals surface area (Å²) < 4.78 is 80.6. The first-order valence-corrected chi connectivity index (χ1v) is 23.4. The average molecular weight is 883 g/mol. The van der Waals surface area contributed by atoms with Crippen LogP contribution in [0, 0.1) is 0 Å². The van der Waals surface area contributed by atoms with Crippen molar-refractivity contribution in [2.75, 3.05) is 23.7 Å². The number of hydrogen-bond donors (Lipinski definition) is 0. The molecule has 2 amide bonds. The van der Waals surface area contributed by atoms with E-state index in [1.54, 1.807) is 4.58 Å². The molecule has 1 fully saturated rings. The molecule has 16 heteroatoms. The summed E-state index contributed by atoms with van der Waals surface area (Å²) in [4.78, 5) is 44.0. The lowest BCUT2D eigenvalue weighted by atomic mass is 9.75. The summed E-state index contributed by atoms with van der Waals surface area (Å²) in [7, 11) is -9.49. The van der Waals surface area contributed by atoms with Gasteiger partial charge in [-0.25, -0.2) is 21.6 Å². The van der Waals surface area contributed by atoms with E-state index < -0.39 is 54.1 Å². The molecule has 4 heterocycles. The van der Waals surface area contributed by atoms with Crippen molar-refractivity contribution >= 4 is 72.0 Å². The number of imide groups is 1. The monoisotopic (exact) mass is 882 g/mol. The third-order valence-corrected chi connectivity index (χ3v) is 13.5. The van der Waals surface area contributed by atoms with E-state index in [1.807, 2.05) is 61.6 Å². The number of ether oxygens (including phenoxy) is 1. The van der Waals surface area contributed by atoms with Gasteiger partial charge in [-0.1, -0.05) is 48.6 Å². The van der Waals surface area contributed by atoms with Crippen molar-refractivity contribution < 1.29 is 54.5 Å².